The molecule has 3 rings (SSSR count). The fourth-order valence-corrected chi connectivity index (χ4v) is 3.36. The predicted octanol–water partition coefficient (Wildman–Crippen LogP) is 2.75. The summed E-state index contributed by atoms with van der Waals surface area (Å²) in [4.78, 5) is 14.9. The summed E-state index contributed by atoms with van der Waals surface area (Å²) in [5, 5.41) is 0. The van der Waals surface area contributed by atoms with Gasteiger partial charge in [0.05, 0.1) is 11.0 Å². The van der Waals surface area contributed by atoms with Gasteiger partial charge in [0.1, 0.15) is 0 Å². The van der Waals surface area contributed by atoms with Crippen molar-refractivity contribution in [3.8, 4) is 0 Å². The molecular weight excluding hydrogens is 250 g/mol. The van der Waals surface area contributed by atoms with Gasteiger partial charge in [-0.25, -0.2) is 4.79 Å². The second-order valence-electron chi connectivity index (χ2n) is 5.59. The Kier molecular flexibility index (Phi) is 3.32. The maximum absolute atomic E-state index is 12.4. The molecule has 0 bridgehead atoms. The minimum absolute atomic E-state index is 0.114. The zero-order chi connectivity index (χ0) is 14.3. The Bertz CT molecular complexity index is 690. The molecule has 1 aromatic heterocycles. The first-order chi connectivity index (χ1) is 9.67. The fourth-order valence-electron chi connectivity index (χ4n) is 3.36. The lowest BCUT2D eigenvalue weighted by molar-refractivity contribution is 0.670. The van der Waals surface area contributed by atoms with Gasteiger partial charge in [-0.3, -0.25) is 9.13 Å². The van der Waals surface area contributed by atoms with Gasteiger partial charge in [0.25, 0.3) is 0 Å². The average Bonchev–Trinajstić information content (AvgIpc) is 3.03. The molecule has 0 unspecified atom stereocenters. The molecule has 0 aliphatic carbocycles. The van der Waals surface area contributed by atoms with Crippen LogP contribution in [0.15, 0.2) is 16.9 Å². The Morgan fingerprint density at radius 2 is 1.55 bits per heavy atom. The molecule has 4 heteroatoms. The lowest BCUT2D eigenvalue weighted by atomic mass is 10.1. The largest absolute Gasteiger partial charge is 0.371 e. The Balaban J connectivity index is 2.26. The van der Waals surface area contributed by atoms with Crippen LogP contribution in [0.1, 0.15) is 32.3 Å². The van der Waals surface area contributed by atoms with Crippen molar-refractivity contribution in [1.29, 1.82) is 0 Å². The molecule has 2 aromatic rings. The molecule has 0 N–H and O–H groups in total. The van der Waals surface area contributed by atoms with Gasteiger partial charge < -0.3 is 4.90 Å². The van der Waals surface area contributed by atoms with E-state index in [0.29, 0.717) is 0 Å². The maximum Gasteiger partial charge on any atom is 0.329 e. The fraction of sp³-hybridized carbons (Fsp3) is 0.562. The minimum atomic E-state index is 0.114. The van der Waals surface area contributed by atoms with Crippen molar-refractivity contribution in [2.75, 3.05) is 18.0 Å². The van der Waals surface area contributed by atoms with E-state index in [4.69, 9.17) is 0 Å². The second-order valence-corrected chi connectivity index (χ2v) is 5.59. The molecule has 20 heavy (non-hydrogen) atoms. The summed E-state index contributed by atoms with van der Waals surface area (Å²) in [5.74, 6) is 0. The van der Waals surface area contributed by atoms with E-state index in [0.717, 1.165) is 37.2 Å². The highest BCUT2D eigenvalue weighted by Gasteiger charge is 2.18. The van der Waals surface area contributed by atoms with Crippen molar-refractivity contribution in [1.82, 2.24) is 9.13 Å². The number of aromatic nitrogens is 2. The van der Waals surface area contributed by atoms with Gasteiger partial charge in [-0.1, -0.05) is 0 Å². The summed E-state index contributed by atoms with van der Waals surface area (Å²) in [6.45, 7) is 9.95. The van der Waals surface area contributed by atoms with Gasteiger partial charge in [0, 0.05) is 31.9 Å². The van der Waals surface area contributed by atoms with E-state index in [-0.39, 0.29) is 5.69 Å². The lowest BCUT2D eigenvalue weighted by Crippen LogP contribution is -2.23. The second kappa shape index (κ2) is 5.00. The van der Waals surface area contributed by atoms with Crippen molar-refractivity contribution in [3.63, 3.8) is 0 Å². The summed E-state index contributed by atoms with van der Waals surface area (Å²) in [6.07, 6.45) is 2.54. The molecule has 108 valence electrons. The Labute approximate surface area is 119 Å². The number of imidazole rings is 1. The number of anilines is 1. The van der Waals surface area contributed by atoms with Crippen LogP contribution in [0.3, 0.4) is 0 Å². The number of hydrogen-bond acceptors (Lipinski definition) is 2. The molecule has 0 atom stereocenters. The molecule has 1 aromatic carbocycles. The van der Waals surface area contributed by atoms with Crippen LogP contribution in [-0.4, -0.2) is 22.2 Å². The maximum atomic E-state index is 12.4. The van der Waals surface area contributed by atoms with E-state index in [1.165, 1.54) is 24.1 Å². The summed E-state index contributed by atoms with van der Waals surface area (Å²) in [7, 11) is 0. The molecule has 0 radical (unpaired) electrons. The summed E-state index contributed by atoms with van der Waals surface area (Å²) < 4.78 is 3.76. The smallest absolute Gasteiger partial charge is 0.329 e. The first-order valence-electron chi connectivity index (χ1n) is 7.66. The zero-order valence-electron chi connectivity index (χ0n) is 12.6. The number of rotatable bonds is 3. The summed E-state index contributed by atoms with van der Waals surface area (Å²) in [6, 6.07) is 4.40. The third-order valence-corrected chi connectivity index (χ3v) is 4.42. The van der Waals surface area contributed by atoms with Crippen molar-refractivity contribution < 1.29 is 0 Å². The molecule has 1 aliphatic rings. The van der Waals surface area contributed by atoms with Crippen LogP contribution >= 0.6 is 0 Å². The normalized spacial score (nSPS) is 15.4. The van der Waals surface area contributed by atoms with Crippen molar-refractivity contribution in [2.45, 2.75) is 46.7 Å². The van der Waals surface area contributed by atoms with Crippen LogP contribution in [0, 0.1) is 6.92 Å². The van der Waals surface area contributed by atoms with Gasteiger partial charge in [0.15, 0.2) is 0 Å². The van der Waals surface area contributed by atoms with Crippen molar-refractivity contribution in [2.24, 2.45) is 0 Å². The van der Waals surface area contributed by atoms with Crippen LogP contribution in [0.2, 0.25) is 0 Å². The van der Waals surface area contributed by atoms with E-state index in [1.54, 1.807) is 0 Å². The van der Waals surface area contributed by atoms with Crippen molar-refractivity contribution >= 4 is 16.7 Å². The SMILES string of the molecule is CCn1c(=O)n(CC)c2cc(N3CCCC3)c(C)cc21. The number of aryl methyl sites for hydroxylation is 3. The van der Waals surface area contributed by atoms with Crippen LogP contribution in [0.25, 0.3) is 11.0 Å². The summed E-state index contributed by atoms with van der Waals surface area (Å²) >= 11 is 0. The quantitative estimate of drug-likeness (QED) is 0.861. The average molecular weight is 273 g/mol. The number of hydrogen-bond donors (Lipinski definition) is 0. The first-order valence-corrected chi connectivity index (χ1v) is 7.66. The van der Waals surface area contributed by atoms with Gasteiger partial charge >= 0.3 is 5.69 Å². The molecule has 0 spiro atoms. The number of benzene rings is 1. The monoisotopic (exact) mass is 273 g/mol. The first kappa shape index (κ1) is 13.3. The van der Waals surface area contributed by atoms with E-state index < -0.39 is 0 Å². The van der Waals surface area contributed by atoms with E-state index in [9.17, 15) is 4.79 Å². The third kappa shape index (κ3) is 1.86. The third-order valence-electron chi connectivity index (χ3n) is 4.42. The number of nitrogens with zero attached hydrogens (tertiary/aromatic N) is 3. The molecule has 1 aliphatic heterocycles. The standard InChI is InChI=1S/C16H23N3O/c1-4-18-14-10-12(3)13(17-8-6-7-9-17)11-15(14)19(5-2)16(18)20/h10-11H,4-9H2,1-3H3. The molecule has 1 fully saturated rings. The molecule has 2 heterocycles. The van der Waals surface area contributed by atoms with Gasteiger partial charge in [0.2, 0.25) is 0 Å². The Morgan fingerprint density at radius 1 is 1.00 bits per heavy atom. The van der Waals surface area contributed by atoms with Crippen LogP contribution in [-0.2, 0) is 13.1 Å². The zero-order valence-corrected chi connectivity index (χ0v) is 12.6. The van der Waals surface area contributed by atoms with E-state index in [2.05, 4.69) is 24.0 Å². The van der Waals surface area contributed by atoms with E-state index >= 15 is 0 Å². The predicted molar refractivity (Wildman–Crippen MR) is 83.7 cm³/mol. The Hall–Kier alpha value is -1.71. The molecule has 4 nitrogen and oxygen atoms in total. The van der Waals surface area contributed by atoms with E-state index in [1.807, 2.05) is 23.0 Å². The van der Waals surface area contributed by atoms with Crippen LogP contribution < -0.4 is 10.6 Å². The van der Waals surface area contributed by atoms with Gasteiger partial charge in [-0.15, -0.1) is 0 Å². The van der Waals surface area contributed by atoms with Gasteiger partial charge in [-0.2, -0.15) is 0 Å². The van der Waals surface area contributed by atoms with Gasteiger partial charge in [-0.05, 0) is 51.3 Å². The molecule has 1 saturated heterocycles. The lowest BCUT2D eigenvalue weighted by Gasteiger charge is -2.20. The Morgan fingerprint density at radius 3 is 2.10 bits per heavy atom. The minimum Gasteiger partial charge on any atom is -0.371 e. The molecule has 0 saturated carbocycles. The topological polar surface area (TPSA) is 30.2 Å². The number of fused-ring (bicyclic) bond motifs is 1. The highest BCUT2D eigenvalue weighted by Crippen LogP contribution is 2.29. The summed E-state index contributed by atoms with van der Waals surface area (Å²) in [5.41, 5.74) is 4.83. The molecule has 0 amide bonds. The molecular formula is C16H23N3O. The van der Waals surface area contributed by atoms with Crippen molar-refractivity contribution in [3.05, 3.63) is 28.2 Å². The van der Waals surface area contributed by atoms with Crippen LogP contribution in [0.4, 0.5) is 5.69 Å². The highest BCUT2D eigenvalue weighted by molar-refractivity contribution is 5.82. The highest BCUT2D eigenvalue weighted by atomic mass is 16.1. The van der Waals surface area contributed by atoms with Crippen LogP contribution in [0.5, 0.6) is 0 Å².